The second-order valence-electron chi connectivity index (χ2n) is 3.39. The van der Waals surface area contributed by atoms with Crippen LogP contribution in [0.3, 0.4) is 0 Å². The second-order valence-corrected chi connectivity index (χ2v) is 3.80. The Morgan fingerprint density at radius 1 is 1.53 bits per heavy atom. The number of amides is 1. The maximum absolute atomic E-state index is 10.6. The molecule has 0 bridgehead atoms. The topological polar surface area (TPSA) is 46.2 Å². The van der Waals surface area contributed by atoms with Crippen LogP contribution in [0.25, 0.3) is 0 Å². The highest BCUT2D eigenvalue weighted by atomic mass is 35.5. The van der Waals surface area contributed by atoms with E-state index in [-0.39, 0.29) is 5.91 Å². The van der Waals surface area contributed by atoms with Gasteiger partial charge in [0.1, 0.15) is 0 Å². The molecular weight excluding hydrogens is 238 g/mol. The first-order chi connectivity index (χ1) is 8.13. The van der Waals surface area contributed by atoms with Crippen LogP contribution < -0.4 is 5.32 Å². The van der Waals surface area contributed by atoms with Crippen molar-refractivity contribution in [2.24, 2.45) is 0 Å². The summed E-state index contributed by atoms with van der Waals surface area (Å²) in [7, 11) is 0. The zero-order chi connectivity index (χ0) is 12.7. The summed E-state index contributed by atoms with van der Waals surface area (Å²) in [6.07, 6.45) is 1.28. The molecule has 0 saturated carbocycles. The second kappa shape index (κ2) is 6.72. The number of carbonyl (C=O) groups excluding carboxylic acids is 2. The van der Waals surface area contributed by atoms with Gasteiger partial charge in [-0.15, -0.1) is 0 Å². The molecule has 0 heterocycles. The van der Waals surface area contributed by atoms with E-state index >= 15 is 0 Å². The Hall–Kier alpha value is -1.79. The molecule has 88 valence electrons. The van der Waals surface area contributed by atoms with Crippen LogP contribution in [0.15, 0.2) is 18.2 Å². The van der Waals surface area contributed by atoms with Crippen LogP contribution in [0.5, 0.6) is 0 Å². The van der Waals surface area contributed by atoms with Gasteiger partial charge in [-0.3, -0.25) is 9.59 Å². The molecule has 0 aliphatic rings. The highest BCUT2D eigenvalue weighted by molar-refractivity contribution is 6.33. The summed E-state index contributed by atoms with van der Waals surface area (Å²) < 4.78 is 0. The van der Waals surface area contributed by atoms with Gasteiger partial charge >= 0.3 is 0 Å². The molecule has 0 unspecified atom stereocenters. The summed E-state index contributed by atoms with van der Waals surface area (Å²) in [5.74, 6) is 5.75. The van der Waals surface area contributed by atoms with E-state index in [0.717, 1.165) is 5.56 Å². The predicted molar refractivity (Wildman–Crippen MR) is 67.0 cm³/mol. The molecular formula is C13H12ClNO2. The summed E-state index contributed by atoms with van der Waals surface area (Å²) in [5, 5.41) is 3.04. The van der Waals surface area contributed by atoms with Gasteiger partial charge in [-0.05, 0) is 18.2 Å². The molecule has 0 saturated heterocycles. The maximum atomic E-state index is 10.6. The van der Waals surface area contributed by atoms with Gasteiger partial charge in [-0.25, -0.2) is 0 Å². The predicted octanol–water partition coefficient (Wildman–Crippen LogP) is 2.03. The molecule has 1 rings (SSSR count). The molecule has 0 atom stereocenters. The molecule has 17 heavy (non-hydrogen) atoms. The molecule has 0 fully saturated rings. The molecule has 3 nitrogen and oxygen atoms in total. The van der Waals surface area contributed by atoms with Gasteiger partial charge in [0.2, 0.25) is 5.91 Å². The fraction of sp³-hybridized carbons (Fsp3) is 0.231. The smallest absolute Gasteiger partial charge is 0.216 e. The van der Waals surface area contributed by atoms with Gasteiger partial charge in [0.05, 0.1) is 5.02 Å². The number of carbonyl (C=O) groups is 2. The van der Waals surface area contributed by atoms with Crippen LogP contribution in [0.1, 0.15) is 29.3 Å². The van der Waals surface area contributed by atoms with Crippen molar-refractivity contribution < 1.29 is 9.59 Å². The van der Waals surface area contributed by atoms with Crippen LogP contribution in [0.2, 0.25) is 5.02 Å². The number of nitrogens with one attached hydrogen (secondary N) is 1. The first-order valence-electron chi connectivity index (χ1n) is 5.11. The molecule has 4 heteroatoms. The zero-order valence-corrected chi connectivity index (χ0v) is 10.2. The Labute approximate surface area is 105 Å². The van der Waals surface area contributed by atoms with Gasteiger partial charge in [0, 0.05) is 31.0 Å². The lowest BCUT2D eigenvalue weighted by Crippen LogP contribution is -2.20. The lowest BCUT2D eigenvalue weighted by molar-refractivity contribution is -0.118. The lowest BCUT2D eigenvalue weighted by atomic mass is 10.1. The zero-order valence-electron chi connectivity index (χ0n) is 9.42. The van der Waals surface area contributed by atoms with E-state index < -0.39 is 0 Å². The average Bonchev–Trinajstić information content (AvgIpc) is 2.28. The standard InChI is InChI=1S/C13H12ClNO2/c1-10(17)15-7-3-2-4-11-5-6-12(9-16)13(14)8-11/h5-6,8-9H,3,7H2,1H3,(H,15,17). The molecule has 0 radical (unpaired) electrons. The Morgan fingerprint density at radius 2 is 2.29 bits per heavy atom. The van der Waals surface area contributed by atoms with Gasteiger partial charge in [0.15, 0.2) is 6.29 Å². The van der Waals surface area contributed by atoms with E-state index in [1.165, 1.54) is 6.92 Å². The first kappa shape index (κ1) is 13.3. The Balaban J connectivity index is 2.57. The minimum Gasteiger partial charge on any atom is -0.355 e. The van der Waals surface area contributed by atoms with Crippen molar-refractivity contribution in [1.82, 2.24) is 5.32 Å². The van der Waals surface area contributed by atoms with Crippen molar-refractivity contribution in [2.75, 3.05) is 6.54 Å². The van der Waals surface area contributed by atoms with Crippen LogP contribution in [0.4, 0.5) is 0 Å². The Bertz CT molecular complexity index is 486. The third-order valence-electron chi connectivity index (χ3n) is 1.98. The van der Waals surface area contributed by atoms with Crippen LogP contribution in [-0.2, 0) is 4.79 Å². The lowest BCUT2D eigenvalue weighted by Gasteiger charge is -1.96. The van der Waals surface area contributed by atoms with Crippen molar-refractivity contribution in [3.63, 3.8) is 0 Å². The van der Waals surface area contributed by atoms with Gasteiger partial charge in [0.25, 0.3) is 0 Å². The summed E-state index contributed by atoms with van der Waals surface area (Å²) in [6.45, 7) is 1.99. The molecule has 0 aromatic heterocycles. The summed E-state index contributed by atoms with van der Waals surface area (Å²) in [4.78, 5) is 21.1. The number of aldehydes is 1. The van der Waals surface area contributed by atoms with Gasteiger partial charge < -0.3 is 5.32 Å². The largest absolute Gasteiger partial charge is 0.355 e. The molecule has 1 aromatic carbocycles. The van der Waals surface area contributed by atoms with Crippen LogP contribution in [0, 0.1) is 11.8 Å². The van der Waals surface area contributed by atoms with E-state index in [9.17, 15) is 9.59 Å². The normalized spacial score (nSPS) is 9.06. The van der Waals surface area contributed by atoms with E-state index in [4.69, 9.17) is 11.6 Å². The number of hydrogen-bond donors (Lipinski definition) is 1. The van der Waals surface area contributed by atoms with E-state index in [0.29, 0.717) is 29.8 Å². The molecule has 0 aliphatic carbocycles. The molecule has 0 aliphatic heterocycles. The number of halogens is 1. The van der Waals surface area contributed by atoms with Crippen LogP contribution in [-0.4, -0.2) is 18.7 Å². The van der Waals surface area contributed by atoms with Crippen molar-refractivity contribution in [1.29, 1.82) is 0 Å². The number of rotatable bonds is 3. The monoisotopic (exact) mass is 249 g/mol. The molecule has 1 N–H and O–H groups in total. The Kier molecular flexibility index (Phi) is 5.25. The molecule has 0 spiro atoms. The average molecular weight is 250 g/mol. The SMILES string of the molecule is CC(=O)NCCC#Cc1ccc(C=O)c(Cl)c1. The maximum Gasteiger partial charge on any atom is 0.216 e. The highest BCUT2D eigenvalue weighted by Crippen LogP contribution is 2.15. The van der Waals surface area contributed by atoms with Crippen molar-refractivity contribution in [2.45, 2.75) is 13.3 Å². The highest BCUT2D eigenvalue weighted by Gasteiger charge is 1.98. The fourth-order valence-electron chi connectivity index (χ4n) is 1.17. The molecule has 1 aromatic rings. The van der Waals surface area contributed by atoms with Crippen LogP contribution >= 0.6 is 11.6 Å². The number of benzene rings is 1. The van der Waals surface area contributed by atoms with E-state index in [1.807, 2.05) is 0 Å². The molecule has 1 amide bonds. The Morgan fingerprint density at radius 3 is 2.88 bits per heavy atom. The van der Waals surface area contributed by atoms with E-state index in [2.05, 4.69) is 17.2 Å². The third-order valence-corrected chi connectivity index (χ3v) is 2.31. The van der Waals surface area contributed by atoms with Crippen molar-refractivity contribution in [3.05, 3.63) is 34.3 Å². The first-order valence-corrected chi connectivity index (χ1v) is 5.49. The fourth-order valence-corrected chi connectivity index (χ4v) is 1.39. The summed E-state index contributed by atoms with van der Waals surface area (Å²) >= 11 is 5.86. The third kappa shape index (κ3) is 4.71. The van der Waals surface area contributed by atoms with Gasteiger partial charge in [-0.1, -0.05) is 23.4 Å². The van der Waals surface area contributed by atoms with E-state index in [1.54, 1.807) is 18.2 Å². The summed E-state index contributed by atoms with van der Waals surface area (Å²) in [5.41, 5.74) is 1.21. The quantitative estimate of drug-likeness (QED) is 0.506. The minimum atomic E-state index is -0.0646. The minimum absolute atomic E-state index is 0.0646. The summed E-state index contributed by atoms with van der Waals surface area (Å²) in [6, 6.07) is 5.02. The van der Waals surface area contributed by atoms with Crippen molar-refractivity contribution >= 4 is 23.8 Å². The van der Waals surface area contributed by atoms with Crippen molar-refractivity contribution in [3.8, 4) is 11.8 Å². The van der Waals surface area contributed by atoms with Gasteiger partial charge in [-0.2, -0.15) is 0 Å². The number of hydrogen-bond acceptors (Lipinski definition) is 2.